The molecule has 0 aliphatic carbocycles. The SMILES string of the molecule is O=CCCOc1ccc(C(c2ccc(O)cc2)C(c2ccc(OCCC=O)cc2)c2ccc(OCCC=O)cc2)cc1. The van der Waals surface area contributed by atoms with Gasteiger partial charge in [0.2, 0.25) is 0 Å². The van der Waals surface area contributed by atoms with Gasteiger partial charge in [0.25, 0.3) is 0 Å². The summed E-state index contributed by atoms with van der Waals surface area (Å²) in [6.07, 6.45) is 3.46. The van der Waals surface area contributed by atoms with E-state index in [9.17, 15) is 19.5 Å². The molecule has 7 heteroatoms. The van der Waals surface area contributed by atoms with Gasteiger partial charge in [0, 0.05) is 31.1 Å². The van der Waals surface area contributed by atoms with Gasteiger partial charge in [0.15, 0.2) is 0 Å². The van der Waals surface area contributed by atoms with E-state index in [4.69, 9.17) is 14.2 Å². The van der Waals surface area contributed by atoms with Crippen molar-refractivity contribution in [1.82, 2.24) is 0 Å². The van der Waals surface area contributed by atoms with E-state index in [1.165, 1.54) is 0 Å². The molecule has 0 aliphatic rings. The van der Waals surface area contributed by atoms with Gasteiger partial charge in [0.1, 0.15) is 41.9 Å². The van der Waals surface area contributed by atoms with Crippen LogP contribution < -0.4 is 14.2 Å². The zero-order valence-corrected chi connectivity index (χ0v) is 23.3. The summed E-state index contributed by atoms with van der Waals surface area (Å²) < 4.78 is 17.1. The molecule has 0 fully saturated rings. The van der Waals surface area contributed by atoms with Gasteiger partial charge < -0.3 is 33.7 Å². The van der Waals surface area contributed by atoms with Crippen molar-refractivity contribution in [2.75, 3.05) is 19.8 Å². The first kappa shape index (κ1) is 30.1. The molecule has 4 rings (SSSR count). The van der Waals surface area contributed by atoms with Gasteiger partial charge in [0.05, 0.1) is 19.8 Å². The second-order valence-electron chi connectivity index (χ2n) is 9.67. The van der Waals surface area contributed by atoms with Crippen LogP contribution in [0, 0.1) is 0 Å². The normalized spacial score (nSPS) is 11.5. The summed E-state index contributed by atoms with van der Waals surface area (Å²) in [7, 11) is 0. The Hall–Kier alpha value is -4.91. The van der Waals surface area contributed by atoms with Crippen molar-refractivity contribution >= 4 is 18.9 Å². The summed E-state index contributed by atoms with van der Waals surface area (Å²) in [5, 5.41) is 10.0. The average Bonchev–Trinajstić information content (AvgIpc) is 3.02. The molecule has 4 aromatic rings. The lowest BCUT2D eigenvalue weighted by Crippen LogP contribution is -2.15. The smallest absolute Gasteiger partial charge is 0.123 e. The van der Waals surface area contributed by atoms with Crippen LogP contribution in [0.1, 0.15) is 53.4 Å². The molecule has 0 aliphatic heterocycles. The minimum absolute atomic E-state index is 0.149. The maximum Gasteiger partial charge on any atom is 0.123 e. The van der Waals surface area contributed by atoms with E-state index in [1.807, 2.05) is 84.9 Å². The van der Waals surface area contributed by atoms with Crippen LogP contribution in [0.25, 0.3) is 0 Å². The third kappa shape index (κ3) is 8.30. The van der Waals surface area contributed by atoms with E-state index in [2.05, 4.69) is 0 Å². The lowest BCUT2D eigenvalue weighted by atomic mass is 9.73. The first-order valence-corrected chi connectivity index (χ1v) is 13.9. The first-order valence-electron chi connectivity index (χ1n) is 13.9. The fourth-order valence-electron chi connectivity index (χ4n) is 4.83. The maximum atomic E-state index is 10.7. The Labute approximate surface area is 245 Å². The lowest BCUT2D eigenvalue weighted by Gasteiger charge is -2.30. The van der Waals surface area contributed by atoms with Crippen molar-refractivity contribution in [3.8, 4) is 23.0 Å². The second-order valence-corrected chi connectivity index (χ2v) is 9.67. The van der Waals surface area contributed by atoms with Crippen molar-refractivity contribution in [3.63, 3.8) is 0 Å². The topological polar surface area (TPSA) is 99.1 Å². The molecule has 1 unspecified atom stereocenters. The van der Waals surface area contributed by atoms with Crippen LogP contribution in [0.5, 0.6) is 23.0 Å². The third-order valence-corrected chi connectivity index (χ3v) is 6.82. The fraction of sp³-hybridized carbons (Fsp3) is 0.229. The molecule has 7 nitrogen and oxygen atoms in total. The van der Waals surface area contributed by atoms with E-state index in [0.29, 0.717) is 56.3 Å². The Balaban J connectivity index is 1.76. The molecule has 1 atom stereocenters. The van der Waals surface area contributed by atoms with Crippen LogP contribution >= 0.6 is 0 Å². The van der Waals surface area contributed by atoms with Crippen LogP contribution in [0.2, 0.25) is 0 Å². The molecule has 4 aromatic carbocycles. The first-order chi connectivity index (χ1) is 20.6. The molecule has 1 N–H and O–H groups in total. The summed E-state index contributed by atoms with van der Waals surface area (Å²) in [6.45, 7) is 0.944. The third-order valence-electron chi connectivity index (χ3n) is 6.82. The highest BCUT2D eigenvalue weighted by atomic mass is 16.5. The molecule has 0 amide bonds. The molecular weight excluding hydrogens is 532 g/mol. The highest BCUT2D eigenvalue weighted by Crippen LogP contribution is 2.44. The monoisotopic (exact) mass is 566 g/mol. The van der Waals surface area contributed by atoms with E-state index in [-0.39, 0.29) is 17.6 Å². The number of hydrogen-bond donors (Lipinski definition) is 1. The maximum absolute atomic E-state index is 10.7. The summed E-state index contributed by atoms with van der Waals surface area (Å²) in [4.78, 5) is 32.1. The minimum Gasteiger partial charge on any atom is -0.508 e. The van der Waals surface area contributed by atoms with Crippen LogP contribution in [-0.2, 0) is 14.4 Å². The zero-order valence-electron chi connectivity index (χ0n) is 23.3. The summed E-state index contributed by atoms with van der Waals surface area (Å²) in [5.41, 5.74) is 4.12. The number of carbonyl (C=O) groups is 3. The Bertz CT molecular complexity index is 1340. The number of aromatic hydroxyl groups is 1. The molecule has 0 bridgehead atoms. The summed E-state index contributed by atoms with van der Waals surface area (Å²) in [6, 6.07) is 30.8. The molecule has 0 aromatic heterocycles. The molecule has 0 saturated carbocycles. The predicted octanol–water partition coefficient (Wildman–Crippen LogP) is 6.26. The molecule has 0 spiro atoms. The zero-order chi connectivity index (χ0) is 29.6. The number of benzene rings is 4. The van der Waals surface area contributed by atoms with Gasteiger partial charge in [-0.25, -0.2) is 0 Å². The van der Waals surface area contributed by atoms with Crippen LogP contribution in [0.15, 0.2) is 97.1 Å². The number of phenolic OH excluding ortho intramolecular Hbond substituents is 1. The second kappa shape index (κ2) is 15.8. The highest BCUT2D eigenvalue weighted by molar-refractivity contribution is 5.51. The van der Waals surface area contributed by atoms with Gasteiger partial charge in [-0.3, -0.25) is 0 Å². The van der Waals surface area contributed by atoms with Gasteiger partial charge in [-0.15, -0.1) is 0 Å². The number of hydrogen-bond acceptors (Lipinski definition) is 7. The number of aldehydes is 3. The van der Waals surface area contributed by atoms with Gasteiger partial charge in [-0.1, -0.05) is 48.5 Å². The summed E-state index contributed by atoms with van der Waals surface area (Å²) >= 11 is 0. The molecule has 0 heterocycles. The Morgan fingerprint density at radius 1 is 0.452 bits per heavy atom. The molecule has 216 valence electrons. The van der Waals surface area contributed by atoms with Crippen molar-refractivity contribution in [3.05, 3.63) is 119 Å². The van der Waals surface area contributed by atoms with Gasteiger partial charge >= 0.3 is 0 Å². The Morgan fingerprint density at radius 2 is 0.714 bits per heavy atom. The van der Waals surface area contributed by atoms with Crippen molar-refractivity contribution in [1.29, 1.82) is 0 Å². The van der Waals surface area contributed by atoms with Crippen LogP contribution in [0.3, 0.4) is 0 Å². The molecule has 0 saturated heterocycles. The van der Waals surface area contributed by atoms with Crippen LogP contribution in [-0.4, -0.2) is 43.8 Å². The minimum atomic E-state index is -0.154. The van der Waals surface area contributed by atoms with Crippen LogP contribution in [0.4, 0.5) is 0 Å². The largest absolute Gasteiger partial charge is 0.508 e. The number of carbonyl (C=O) groups excluding carboxylic acids is 3. The van der Waals surface area contributed by atoms with E-state index >= 15 is 0 Å². The Kier molecular flexibility index (Phi) is 11.3. The molecular formula is C35H34O7. The van der Waals surface area contributed by atoms with Crippen molar-refractivity contribution < 1.29 is 33.7 Å². The summed E-state index contributed by atoms with van der Waals surface area (Å²) in [5.74, 6) is 1.91. The number of ether oxygens (including phenoxy) is 3. The highest BCUT2D eigenvalue weighted by Gasteiger charge is 2.28. The van der Waals surface area contributed by atoms with E-state index < -0.39 is 0 Å². The van der Waals surface area contributed by atoms with Gasteiger partial charge in [-0.2, -0.15) is 0 Å². The lowest BCUT2D eigenvalue weighted by molar-refractivity contribution is -0.109. The van der Waals surface area contributed by atoms with Crippen molar-refractivity contribution in [2.45, 2.75) is 31.1 Å². The number of rotatable bonds is 17. The van der Waals surface area contributed by atoms with E-state index in [0.717, 1.165) is 41.1 Å². The molecule has 0 radical (unpaired) electrons. The quantitative estimate of drug-likeness (QED) is 0.119. The fourth-order valence-corrected chi connectivity index (χ4v) is 4.83. The van der Waals surface area contributed by atoms with Gasteiger partial charge in [-0.05, 0) is 70.8 Å². The Morgan fingerprint density at radius 3 is 0.976 bits per heavy atom. The standard InChI is InChI=1S/C35H34O7/c36-20-1-23-40-31-14-6-27(7-15-31)34(26-4-12-30(39)13-5-26)35(28-8-16-32(17-9-28)41-24-2-21-37)29-10-18-33(19-11-29)42-25-3-22-38/h4-22,34-35,39H,1-3,23-25H2. The predicted molar refractivity (Wildman–Crippen MR) is 160 cm³/mol. The molecule has 42 heavy (non-hydrogen) atoms. The van der Waals surface area contributed by atoms with Crippen molar-refractivity contribution in [2.24, 2.45) is 0 Å². The van der Waals surface area contributed by atoms with E-state index in [1.54, 1.807) is 12.1 Å². The average molecular weight is 567 g/mol. The number of phenols is 1.